The van der Waals surface area contributed by atoms with Gasteiger partial charge < -0.3 is 9.47 Å². The Morgan fingerprint density at radius 3 is 2.47 bits per heavy atom. The Morgan fingerprint density at radius 1 is 1.41 bits per heavy atom. The molecule has 0 radical (unpaired) electrons. The average molecular weight is 246 g/mol. The molecular weight excluding hydrogens is 228 g/mol. The largest absolute Gasteiger partial charge is 0.511 e. The van der Waals surface area contributed by atoms with Crippen LogP contribution in [0.5, 0.6) is 0 Å². The molecule has 0 rings (SSSR count). The number of carbonyl (C=O) groups excluding carboxylic acids is 2. The third-order valence-corrected chi connectivity index (χ3v) is 1.91. The quantitative estimate of drug-likeness (QED) is 0.235. The van der Waals surface area contributed by atoms with E-state index in [1.54, 1.807) is 13.8 Å². The topological polar surface area (TPSA) is 71.1 Å². The van der Waals surface area contributed by atoms with Crippen LogP contribution in [0.15, 0.2) is 12.7 Å². The fraction of sp³-hybridized carbons (Fsp3) is 0.636. The van der Waals surface area contributed by atoms with Gasteiger partial charge in [-0.15, -0.1) is 4.89 Å². The lowest BCUT2D eigenvalue weighted by molar-refractivity contribution is -0.335. The van der Waals surface area contributed by atoms with Gasteiger partial charge in [-0.25, -0.2) is 9.59 Å². The van der Waals surface area contributed by atoms with E-state index in [4.69, 9.17) is 4.74 Å². The van der Waals surface area contributed by atoms with Gasteiger partial charge in [-0.3, -0.25) is 4.89 Å². The van der Waals surface area contributed by atoms with Crippen molar-refractivity contribution in [1.82, 2.24) is 0 Å². The molecule has 0 aliphatic rings. The summed E-state index contributed by atoms with van der Waals surface area (Å²) in [4.78, 5) is 30.6. The second kappa shape index (κ2) is 6.90. The summed E-state index contributed by atoms with van der Waals surface area (Å²) in [7, 11) is 0. The molecule has 0 spiro atoms. The highest BCUT2D eigenvalue weighted by atomic mass is 17.2. The number of hydrogen-bond acceptors (Lipinski definition) is 6. The van der Waals surface area contributed by atoms with Crippen molar-refractivity contribution in [3.63, 3.8) is 0 Å². The molecule has 0 aliphatic carbocycles. The first-order valence-corrected chi connectivity index (χ1v) is 5.20. The lowest BCUT2D eigenvalue weighted by Gasteiger charge is -2.23. The predicted molar refractivity (Wildman–Crippen MR) is 58.8 cm³/mol. The highest BCUT2D eigenvalue weighted by molar-refractivity contribution is 5.80. The van der Waals surface area contributed by atoms with E-state index in [0.29, 0.717) is 6.42 Å². The lowest BCUT2D eigenvalue weighted by Crippen LogP contribution is -2.30. The van der Waals surface area contributed by atoms with Gasteiger partial charge in [-0.1, -0.05) is 13.5 Å². The zero-order valence-corrected chi connectivity index (χ0v) is 10.5. The summed E-state index contributed by atoms with van der Waals surface area (Å²) >= 11 is 0. The summed E-state index contributed by atoms with van der Waals surface area (Å²) in [6.45, 7) is 9.93. The molecule has 0 amide bonds. The van der Waals surface area contributed by atoms with Crippen LogP contribution in [-0.4, -0.2) is 24.0 Å². The van der Waals surface area contributed by atoms with Crippen LogP contribution in [0, 0.1) is 0 Å². The summed E-state index contributed by atoms with van der Waals surface area (Å²) in [6, 6.07) is 0. The van der Waals surface area contributed by atoms with Gasteiger partial charge in [0, 0.05) is 13.0 Å². The van der Waals surface area contributed by atoms with E-state index in [1.165, 1.54) is 6.92 Å². The highest BCUT2D eigenvalue weighted by Gasteiger charge is 2.23. The minimum absolute atomic E-state index is 0.616. The number of carbonyl (C=O) groups is 2. The summed E-state index contributed by atoms with van der Waals surface area (Å²) in [6.07, 6.45) is -0.383. The zero-order valence-electron chi connectivity index (χ0n) is 10.5. The van der Waals surface area contributed by atoms with Crippen LogP contribution in [0.1, 0.15) is 34.1 Å². The van der Waals surface area contributed by atoms with E-state index in [1.807, 2.05) is 6.92 Å². The van der Waals surface area contributed by atoms with E-state index < -0.39 is 24.0 Å². The van der Waals surface area contributed by atoms with Crippen LogP contribution in [0.2, 0.25) is 0 Å². The molecule has 0 bridgehead atoms. The van der Waals surface area contributed by atoms with Crippen LogP contribution >= 0.6 is 0 Å². The number of ether oxygens (including phenoxy) is 2. The maximum atomic E-state index is 11.3. The van der Waals surface area contributed by atoms with Crippen LogP contribution in [0.4, 0.5) is 4.79 Å². The Morgan fingerprint density at radius 2 is 2.00 bits per heavy atom. The first-order chi connectivity index (χ1) is 7.80. The van der Waals surface area contributed by atoms with Gasteiger partial charge in [0.25, 0.3) is 0 Å². The Kier molecular flexibility index (Phi) is 6.27. The second-order valence-corrected chi connectivity index (χ2v) is 3.85. The smallest absolute Gasteiger partial charge is 0.428 e. The van der Waals surface area contributed by atoms with E-state index in [2.05, 4.69) is 21.1 Å². The second-order valence-electron chi connectivity index (χ2n) is 3.85. The molecule has 0 aromatic carbocycles. The van der Waals surface area contributed by atoms with Gasteiger partial charge in [0.15, 0.2) is 0 Å². The van der Waals surface area contributed by atoms with E-state index in [9.17, 15) is 9.59 Å². The molecule has 0 aromatic heterocycles. The molecule has 0 N–H and O–H groups in total. The predicted octanol–water partition coefficient (Wildman–Crippen LogP) is 2.33. The summed E-state index contributed by atoms with van der Waals surface area (Å²) in [5, 5.41) is 0. The van der Waals surface area contributed by atoms with Crippen molar-refractivity contribution in [1.29, 1.82) is 0 Å². The normalized spacial score (nSPS) is 12.5. The molecule has 0 aromatic rings. The number of hydrogen-bond donors (Lipinski definition) is 0. The summed E-state index contributed by atoms with van der Waals surface area (Å²) in [5.41, 5.74) is -0.616. The van der Waals surface area contributed by atoms with E-state index >= 15 is 0 Å². The SMILES string of the molecule is C=CC(=O)OOC(C)OC(=O)OC(C)(C)CC. The zero-order chi connectivity index (χ0) is 13.5. The van der Waals surface area contributed by atoms with Gasteiger partial charge in [0.05, 0.1) is 0 Å². The van der Waals surface area contributed by atoms with Crippen molar-refractivity contribution in [3.05, 3.63) is 12.7 Å². The Labute approximate surface area is 100 Å². The van der Waals surface area contributed by atoms with Gasteiger partial charge in [0.2, 0.25) is 6.29 Å². The third-order valence-electron chi connectivity index (χ3n) is 1.91. The molecule has 0 saturated carbocycles. The molecule has 98 valence electrons. The Hall–Kier alpha value is -1.56. The molecule has 17 heavy (non-hydrogen) atoms. The minimum atomic E-state index is -1.06. The Balaban J connectivity index is 3.96. The average Bonchev–Trinajstić information content (AvgIpc) is 2.24. The van der Waals surface area contributed by atoms with Gasteiger partial charge in [-0.05, 0) is 20.3 Å². The van der Waals surface area contributed by atoms with Crippen molar-refractivity contribution in [2.24, 2.45) is 0 Å². The van der Waals surface area contributed by atoms with E-state index in [-0.39, 0.29) is 0 Å². The molecule has 0 heterocycles. The van der Waals surface area contributed by atoms with Gasteiger partial charge >= 0.3 is 12.1 Å². The maximum absolute atomic E-state index is 11.3. The minimum Gasteiger partial charge on any atom is -0.428 e. The maximum Gasteiger partial charge on any atom is 0.511 e. The molecule has 0 aliphatic heterocycles. The monoisotopic (exact) mass is 246 g/mol. The molecule has 0 saturated heterocycles. The van der Waals surface area contributed by atoms with Crippen LogP contribution in [0.3, 0.4) is 0 Å². The van der Waals surface area contributed by atoms with Crippen molar-refractivity contribution < 1.29 is 28.8 Å². The molecule has 0 fully saturated rings. The first-order valence-electron chi connectivity index (χ1n) is 5.20. The van der Waals surface area contributed by atoms with Gasteiger partial charge in [-0.2, -0.15) is 0 Å². The van der Waals surface area contributed by atoms with Crippen molar-refractivity contribution in [2.45, 2.75) is 46.0 Å². The molecule has 1 atom stereocenters. The standard InChI is InChI=1S/C11H18O6/c1-6-9(12)17-16-8(3)14-10(13)15-11(4,5)7-2/h6,8H,1,7H2,2-5H3. The number of rotatable bonds is 6. The first kappa shape index (κ1) is 15.4. The Bertz CT molecular complexity index is 284. The van der Waals surface area contributed by atoms with Crippen LogP contribution < -0.4 is 0 Å². The fourth-order valence-corrected chi connectivity index (χ4v) is 0.626. The van der Waals surface area contributed by atoms with Crippen LogP contribution in [-0.2, 0) is 24.0 Å². The molecule has 1 unspecified atom stereocenters. The molecule has 6 heteroatoms. The third kappa shape index (κ3) is 7.35. The fourth-order valence-electron chi connectivity index (χ4n) is 0.626. The molecular formula is C11H18O6. The van der Waals surface area contributed by atoms with Crippen molar-refractivity contribution in [2.75, 3.05) is 0 Å². The van der Waals surface area contributed by atoms with E-state index in [0.717, 1.165) is 6.08 Å². The van der Waals surface area contributed by atoms with Gasteiger partial charge in [0.1, 0.15) is 5.60 Å². The summed E-state index contributed by atoms with van der Waals surface area (Å²) in [5.74, 6) is -0.775. The summed E-state index contributed by atoms with van der Waals surface area (Å²) < 4.78 is 9.68. The van der Waals surface area contributed by atoms with Crippen LogP contribution in [0.25, 0.3) is 0 Å². The lowest BCUT2D eigenvalue weighted by atomic mass is 10.1. The molecule has 6 nitrogen and oxygen atoms in total. The van der Waals surface area contributed by atoms with Crippen molar-refractivity contribution >= 4 is 12.1 Å². The van der Waals surface area contributed by atoms with Crippen molar-refractivity contribution in [3.8, 4) is 0 Å². The highest BCUT2D eigenvalue weighted by Crippen LogP contribution is 2.15.